The molecule has 150 valence electrons. The third-order valence-corrected chi connectivity index (χ3v) is 6.41. The number of sulfonamides is 1. The summed E-state index contributed by atoms with van der Waals surface area (Å²) in [4.78, 5) is -0.00713. The van der Waals surface area contributed by atoms with Crippen LogP contribution in [-0.4, -0.2) is 25.5 Å². The van der Waals surface area contributed by atoms with Crippen molar-refractivity contribution in [2.45, 2.75) is 44.7 Å². The van der Waals surface area contributed by atoms with E-state index in [0.29, 0.717) is 16.5 Å². The van der Waals surface area contributed by atoms with Crippen molar-refractivity contribution in [3.05, 3.63) is 65.1 Å². The highest BCUT2D eigenvalue weighted by Gasteiger charge is 2.30. The zero-order chi connectivity index (χ0) is 20.6. The number of nitrogens with zero attached hydrogens (tertiary/aromatic N) is 1. The Morgan fingerprint density at radius 3 is 2.32 bits per heavy atom. The molecule has 0 aliphatic rings. The van der Waals surface area contributed by atoms with Crippen molar-refractivity contribution >= 4 is 20.9 Å². The molecule has 1 aromatic heterocycles. The number of aromatic nitrogens is 1. The molecule has 0 saturated heterocycles. The third kappa shape index (κ3) is 3.93. The average Bonchev–Trinajstić information content (AvgIpc) is 2.97. The lowest BCUT2D eigenvalue weighted by molar-refractivity contribution is 0.101. The zero-order valence-electron chi connectivity index (χ0n) is 15.7. The van der Waals surface area contributed by atoms with Crippen LogP contribution in [0.1, 0.15) is 16.7 Å². The van der Waals surface area contributed by atoms with Crippen LogP contribution < -0.4 is 4.72 Å². The molecule has 0 aliphatic carbocycles. The SMILES string of the molecule is Cc1cc(C)c(S(=O)(=O)NC(Cn2ccc3cccc(F)c32)C(F)F)c(C)c1. The van der Waals surface area contributed by atoms with Crippen LogP contribution in [0.25, 0.3) is 10.9 Å². The quantitative estimate of drug-likeness (QED) is 0.658. The van der Waals surface area contributed by atoms with Gasteiger partial charge in [-0.3, -0.25) is 0 Å². The Bertz CT molecular complexity index is 1100. The second-order valence-corrected chi connectivity index (χ2v) is 8.59. The molecule has 4 nitrogen and oxygen atoms in total. The van der Waals surface area contributed by atoms with Crippen LogP contribution in [0.4, 0.5) is 13.2 Å². The van der Waals surface area contributed by atoms with Gasteiger partial charge in [-0.25, -0.2) is 26.3 Å². The molecular formula is C20H21F3N2O2S. The van der Waals surface area contributed by atoms with E-state index in [-0.39, 0.29) is 10.4 Å². The summed E-state index contributed by atoms with van der Waals surface area (Å²) in [5.74, 6) is -0.552. The molecule has 2 aromatic carbocycles. The molecule has 0 aliphatic heterocycles. The van der Waals surface area contributed by atoms with Gasteiger partial charge < -0.3 is 4.57 Å². The van der Waals surface area contributed by atoms with Crippen molar-refractivity contribution in [1.29, 1.82) is 0 Å². The Labute approximate surface area is 162 Å². The van der Waals surface area contributed by atoms with E-state index in [2.05, 4.69) is 4.72 Å². The molecule has 28 heavy (non-hydrogen) atoms. The van der Waals surface area contributed by atoms with Gasteiger partial charge in [0, 0.05) is 18.1 Å². The van der Waals surface area contributed by atoms with Gasteiger partial charge in [-0.1, -0.05) is 29.8 Å². The van der Waals surface area contributed by atoms with Crippen molar-refractivity contribution in [3.63, 3.8) is 0 Å². The minimum atomic E-state index is -4.19. The lowest BCUT2D eigenvalue weighted by Gasteiger charge is -2.21. The molecule has 0 radical (unpaired) electrons. The average molecular weight is 410 g/mol. The predicted molar refractivity (Wildman–Crippen MR) is 103 cm³/mol. The van der Waals surface area contributed by atoms with Crippen molar-refractivity contribution in [1.82, 2.24) is 9.29 Å². The molecule has 3 rings (SSSR count). The molecule has 1 heterocycles. The Balaban J connectivity index is 1.95. The summed E-state index contributed by atoms with van der Waals surface area (Å²) < 4.78 is 70.5. The standard InChI is InChI=1S/C20H21F3N2O2S/c1-12-9-13(2)19(14(3)10-12)28(26,27)24-17(20(22)23)11-25-8-7-15-5-4-6-16(21)18(15)25/h4-10,17,20,24H,11H2,1-3H3. The summed E-state index contributed by atoms with van der Waals surface area (Å²) in [6.07, 6.45) is -1.50. The van der Waals surface area contributed by atoms with Gasteiger partial charge in [-0.15, -0.1) is 0 Å². The highest BCUT2D eigenvalue weighted by atomic mass is 32.2. The number of benzene rings is 2. The first kappa shape index (κ1) is 20.4. The van der Waals surface area contributed by atoms with E-state index in [1.165, 1.54) is 22.9 Å². The van der Waals surface area contributed by atoms with Crippen LogP contribution in [0.3, 0.4) is 0 Å². The Hall–Kier alpha value is -2.32. The van der Waals surface area contributed by atoms with Crippen molar-refractivity contribution in [2.75, 3.05) is 0 Å². The molecule has 8 heteroatoms. The smallest absolute Gasteiger partial charge is 0.256 e. The maximum Gasteiger partial charge on any atom is 0.256 e. The lowest BCUT2D eigenvalue weighted by atomic mass is 10.1. The highest BCUT2D eigenvalue weighted by Crippen LogP contribution is 2.24. The third-order valence-electron chi connectivity index (χ3n) is 4.62. The van der Waals surface area contributed by atoms with Crippen LogP contribution >= 0.6 is 0 Å². The van der Waals surface area contributed by atoms with Crippen molar-refractivity contribution in [3.8, 4) is 0 Å². The normalized spacial score (nSPS) is 13.4. The van der Waals surface area contributed by atoms with Gasteiger partial charge in [0.05, 0.1) is 10.4 Å². The first-order chi connectivity index (χ1) is 13.1. The van der Waals surface area contributed by atoms with Gasteiger partial charge in [0.15, 0.2) is 0 Å². The zero-order valence-corrected chi connectivity index (χ0v) is 16.5. The van der Waals surface area contributed by atoms with Crippen molar-refractivity contribution < 1.29 is 21.6 Å². The number of hydrogen-bond acceptors (Lipinski definition) is 2. The largest absolute Gasteiger partial charge is 0.343 e. The molecule has 0 amide bonds. The van der Waals surface area contributed by atoms with Gasteiger partial charge >= 0.3 is 0 Å². The topological polar surface area (TPSA) is 51.1 Å². The molecule has 1 unspecified atom stereocenters. The van der Waals surface area contributed by atoms with E-state index in [4.69, 9.17) is 0 Å². The van der Waals surface area contributed by atoms with E-state index in [9.17, 15) is 21.6 Å². The summed E-state index contributed by atoms with van der Waals surface area (Å²) in [5.41, 5.74) is 2.01. The molecule has 0 saturated carbocycles. The fourth-order valence-electron chi connectivity index (χ4n) is 3.60. The van der Waals surface area contributed by atoms with Gasteiger partial charge in [0.25, 0.3) is 6.43 Å². The molecule has 0 bridgehead atoms. The Morgan fingerprint density at radius 1 is 1.07 bits per heavy atom. The molecule has 3 aromatic rings. The number of nitrogens with one attached hydrogen (secondary N) is 1. The molecule has 1 atom stereocenters. The van der Waals surface area contributed by atoms with E-state index >= 15 is 0 Å². The monoisotopic (exact) mass is 410 g/mol. The molecule has 1 N–H and O–H groups in total. The molecule has 0 spiro atoms. The van der Waals surface area contributed by atoms with Crippen LogP contribution in [0, 0.1) is 26.6 Å². The number of hydrogen-bond donors (Lipinski definition) is 1. The van der Waals surface area contributed by atoms with Gasteiger partial charge in [-0.2, -0.15) is 0 Å². The predicted octanol–water partition coefficient (Wildman–Crippen LogP) is 4.32. The first-order valence-electron chi connectivity index (χ1n) is 8.72. The summed E-state index contributed by atoms with van der Waals surface area (Å²) in [5, 5.41) is 0.557. The van der Waals surface area contributed by atoms with Crippen molar-refractivity contribution in [2.24, 2.45) is 0 Å². The summed E-state index contributed by atoms with van der Waals surface area (Å²) in [6, 6.07) is 7.69. The second-order valence-electron chi connectivity index (χ2n) is 6.94. The first-order valence-corrected chi connectivity index (χ1v) is 10.2. The fraction of sp³-hybridized carbons (Fsp3) is 0.300. The summed E-state index contributed by atoms with van der Waals surface area (Å²) >= 11 is 0. The number of halogens is 3. The fourth-order valence-corrected chi connectivity index (χ4v) is 5.26. The highest BCUT2D eigenvalue weighted by molar-refractivity contribution is 7.89. The Morgan fingerprint density at radius 2 is 1.71 bits per heavy atom. The number of para-hydroxylation sites is 1. The number of alkyl halides is 2. The minimum absolute atomic E-state index is 0.00713. The van der Waals surface area contributed by atoms with E-state index in [0.717, 1.165) is 5.56 Å². The maximum absolute atomic E-state index is 14.1. The maximum atomic E-state index is 14.1. The van der Waals surface area contributed by atoms with Gasteiger partial charge in [-0.05, 0) is 44.0 Å². The Kier molecular flexibility index (Phi) is 5.54. The lowest BCUT2D eigenvalue weighted by Crippen LogP contribution is -2.43. The number of rotatable bonds is 6. The summed E-state index contributed by atoms with van der Waals surface area (Å²) in [6.45, 7) is 4.68. The van der Waals surface area contributed by atoms with Crippen LogP contribution in [0.2, 0.25) is 0 Å². The van der Waals surface area contributed by atoms with E-state index in [1.807, 2.05) is 6.92 Å². The number of aryl methyl sites for hydroxylation is 3. The van der Waals surface area contributed by atoms with Crippen LogP contribution in [-0.2, 0) is 16.6 Å². The van der Waals surface area contributed by atoms with Crippen LogP contribution in [0.5, 0.6) is 0 Å². The minimum Gasteiger partial charge on any atom is -0.343 e. The van der Waals surface area contributed by atoms with E-state index in [1.54, 1.807) is 38.1 Å². The van der Waals surface area contributed by atoms with Gasteiger partial charge in [0.2, 0.25) is 10.0 Å². The van der Waals surface area contributed by atoms with E-state index < -0.39 is 34.9 Å². The second kappa shape index (κ2) is 7.60. The molecule has 0 fully saturated rings. The van der Waals surface area contributed by atoms with Crippen LogP contribution in [0.15, 0.2) is 47.5 Å². The summed E-state index contributed by atoms with van der Waals surface area (Å²) in [7, 11) is -4.19. The molecular weight excluding hydrogens is 389 g/mol. The number of fused-ring (bicyclic) bond motifs is 1. The van der Waals surface area contributed by atoms with Gasteiger partial charge in [0.1, 0.15) is 11.9 Å².